The lowest BCUT2D eigenvalue weighted by atomic mass is 10.2. The van der Waals surface area contributed by atoms with E-state index in [1.807, 2.05) is 60.7 Å². The number of thioether (sulfide) groups is 1. The van der Waals surface area contributed by atoms with Crippen LogP contribution in [0.5, 0.6) is 11.5 Å². The Labute approximate surface area is 218 Å². The summed E-state index contributed by atoms with van der Waals surface area (Å²) in [5.74, 6) is 1.34. The van der Waals surface area contributed by atoms with Gasteiger partial charge in [-0.2, -0.15) is 5.10 Å². The molecule has 0 unspecified atom stereocenters. The van der Waals surface area contributed by atoms with E-state index in [9.17, 15) is 9.90 Å². The molecule has 0 spiro atoms. The molecular formula is C29H23N3O4S. The second-order valence-corrected chi connectivity index (χ2v) is 9.16. The molecule has 7 nitrogen and oxygen atoms in total. The minimum absolute atomic E-state index is 0.165. The Balaban J connectivity index is 1.33. The van der Waals surface area contributed by atoms with Crippen molar-refractivity contribution >= 4 is 35.1 Å². The Hall–Kier alpha value is -4.56. The summed E-state index contributed by atoms with van der Waals surface area (Å²) in [7, 11) is 0. The van der Waals surface area contributed by atoms with Crippen molar-refractivity contribution in [1.29, 1.82) is 0 Å². The van der Waals surface area contributed by atoms with Gasteiger partial charge in [0.25, 0.3) is 5.91 Å². The van der Waals surface area contributed by atoms with E-state index in [-0.39, 0.29) is 18.2 Å². The zero-order valence-electron chi connectivity index (χ0n) is 19.7. The third kappa shape index (κ3) is 6.36. The standard InChI is InChI=1S/C29H23N3O4S/c33-24-13-11-21(12-14-24)17-27-28(34)32(19-26-10-5-15-35-26)29(37-27)31-30-18-23-8-4-9-25(16-23)36-20-22-6-2-1-3-7-22/h1-18,33H,19-20H2/b27-17-,30-18-,31-29+. The number of amides is 1. The van der Waals surface area contributed by atoms with Crippen molar-refractivity contribution in [3.05, 3.63) is 125 Å². The van der Waals surface area contributed by atoms with Gasteiger partial charge in [-0.05, 0) is 70.9 Å². The van der Waals surface area contributed by atoms with Gasteiger partial charge in [0.2, 0.25) is 0 Å². The van der Waals surface area contributed by atoms with Gasteiger partial charge >= 0.3 is 0 Å². The first kappa shape index (κ1) is 24.1. The highest BCUT2D eigenvalue weighted by atomic mass is 32.2. The number of ether oxygens (including phenoxy) is 1. The molecule has 0 bridgehead atoms. The first-order valence-electron chi connectivity index (χ1n) is 11.5. The molecule has 1 amide bonds. The largest absolute Gasteiger partial charge is 0.508 e. The molecule has 1 aliphatic rings. The van der Waals surface area contributed by atoms with Crippen LogP contribution in [0, 0.1) is 0 Å². The van der Waals surface area contributed by atoms with Gasteiger partial charge < -0.3 is 14.3 Å². The first-order valence-corrected chi connectivity index (χ1v) is 12.4. The van der Waals surface area contributed by atoms with Crippen LogP contribution in [-0.4, -0.2) is 27.3 Å². The number of carbonyl (C=O) groups excluding carboxylic acids is 1. The highest BCUT2D eigenvalue weighted by Gasteiger charge is 2.34. The van der Waals surface area contributed by atoms with E-state index in [1.54, 1.807) is 48.9 Å². The normalized spacial score (nSPS) is 15.8. The molecule has 1 aliphatic heterocycles. The summed E-state index contributed by atoms with van der Waals surface area (Å²) < 4.78 is 11.3. The second kappa shape index (κ2) is 11.5. The molecule has 2 heterocycles. The Morgan fingerprint density at radius 2 is 1.78 bits per heavy atom. The smallest absolute Gasteiger partial charge is 0.267 e. The minimum atomic E-state index is -0.195. The van der Waals surface area contributed by atoms with Crippen LogP contribution >= 0.6 is 11.8 Å². The molecule has 184 valence electrons. The number of phenols is 1. The number of rotatable bonds is 8. The van der Waals surface area contributed by atoms with Crippen LogP contribution in [0.1, 0.15) is 22.5 Å². The Morgan fingerprint density at radius 3 is 2.57 bits per heavy atom. The van der Waals surface area contributed by atoms with Crippen molar-refractivity contribution in [2.75, 3.05) is 0 Å². The van der Waals surface area contributed by atoms with E-state index in [1.165, 1.54) is 16.7 Å². The van der Waals surface area contributed by atoms with Gasteiger partial charge in [-0.1, -0.05) is 54.6 Å². The van der Waals surface area contributed by atoms with Gasteiger partial charge in [-0.25, -0.2) is 0 Å². The van der Waals surface area contributed by atoms with Gasteiger partial charge in [0.15, 0.2) is 5.17 Å². The summed E-state index contributed by atoms with van der Waals surface area (Å²) in [6.45, 7) is 0.712. The lowest BCUT2D eigenvalue weighted by molar-refractivity contribution is -0.122. The van der Waals surface area contributed by atoms with Gasteiger partial charge in [-0.3, -0.25) is 9.69 Å². The number of carbonyl (C=O) groups is 1. The van der Waals surface area contributed by atoms with Crippen molar-refractivity contribution in [3.63, 3.8) is 0 Å². The number of hydrogen-bond donors (Lipinski definition) is 1. The molecule has 4 aromatic rings. The molecule has 5 rings (SSSR count). The monoisotopic (exact) mass is 509 g/mol. The molecule has 0 radical (unpaired) electrons. The van der Waals surface area contributed by atoms with Crippen LogP contribution in [0.3, 0.4) is 0 Å². The summed E-state index contributed by atoms with van der Waals surface area (Å²) >= 11 is 1.24. The van der Waals surface area contributed by atoms with Crippen LogP contribution in [-0.2, 0) is 17.9 Å². The predicted octanol–water partition coefficient (Wildman–Crippen LogP) is 6.07. The highest BCUT2D eigenvalue weighted by molar-refractivity contribution is 8.18. The first-order chi connectivity index (χ1) is 18.1. The van der Waals surface area contributed by atoms with E-state index in [2.05, 4.69) is 10.2 Å². The fraction of sp³-hybridized carbons (Fsp3) is 0.0690. The average molecular weight is 510 g/mol. The van der Waals surface area contributed by atoms with Crippen LogP contribution in [0.2, 0.25) is 0 Å². The van der Waals surface area contributed by atoms with Gasteiger partial charge in [0, 0.05) is 0 Å². The number of aromatic hydroxyl groups is 1. The van der Waals surface area contributed by atoms with Crippen molar-refractivity contribution < 1.29 is 19.1 Å². The molecule has 0 saturated carbocycles. The molecule has 37 heavy (non-hydrogen) atoms. The molecule has 1 aromatic heterocycles. The van der Waals surface area contributed by atoms with Gasteiger partial charge in [0.05, 0.1) is 23.9 Å². The average Bonchev–Trinajstić information content (AvgIpc) is 3.54. The molecular weight excluding hydrogens is 486 g/mol. The molecule has 1 N–H and O–H groups in total. The van der Waals surface area contributed by atoms with Crippen LogP contribution in [0.15, 0.2) is 117 Å². The maximum absolute atomic E-state index is 13.2. The number of furan rings is 1. The Bertz CT molecular complexity index is 1450. The van der Waals surface area contributed by atoms with E-state index >= 15 is 0 Å². The predicted molar refractivity (Wildman–Crippen MR) is 145 cm³/mol. The summed E-state index contributed by atoms with van der Waals surface area (Å²) in [6, 6.07) is 27.8. The number of benzene rings is 3. The molecule has 8 heteroatoms. The third-order valence-corrected chi connectivity index (χ3v) is 6.43. The van der Waals surface area contributed by atoms with E-state index in [0.717, 1.165) is 22.4 Å². The number of amidine groups is 1. The van der Waals surface area contributed by atoms with Crippen LogP contribution in [0.4, 0.5) is 0 Å². The summed E-state index contributed by atoms with van der Waals surface area (Å²) in [5, 5.41) is 18.6. The van der Waals surface area contributed by atoms with Crippen molar-refractivity contribution in [2.45, 2.75) is 13.2 Å². The topological polar surface area (TPSA) is 87.6 Å². The minimum Gasteiger partial charge on any atom is -0.508 e. The maximum Gasteiger partial charge on any atom is 0.267 e. The van der Waals surface area contributed by atoms with Crippen LogP contribution < -0.4 is 4.74 Å². The quantitative estimate of drug-likeness (QED) is 0.177. The lowest BCUT2D eigenvalue weighted by Crippen LogP contribution is -2.28. The van der Waals surface area contributed by atoms with Crippen LogP contribution in [0.25, 0.3) is 6.08 Å². The van der Waals surface area contributed by atoms with Gasteiger partial charge in [-0.15, -0.1) is 5.10 Å². The zero-order chi connectivity index (χ0) is 25.5. The Kier molecular flexibility index (Phi) is 7.47. The van der Waals surface area contributed by atoms with Crippen molar-refractivity contribution in [3.8, 4) is 11.5 Å². The fourth-order valence-electron chi connectivity index (χ4n) is 3.57. The van der Waals surface area contributed by atoms with E-state index in [4.69, 9.17) is 9.15 Å². The SMILES string of the molecule is O=C1/C(=C/c2ccc(O)cc2)S/C(=N/N=C\c2cccc(OCc3ccccc3)c2)N1Cc1ccco1. The van der Waals surface area contributed by atoms with Crippen molar-refractivity contribution in [2.24, 2.45) is 10.2 Å². The molecule has 1 fully saturated rings. The van der Waals surface area contributed by atoms with E-state index < -0.39 is 0 Å². The maximum atomic E-state index is 13.2. The molecule has 3 aromatic carbocycles. The summed E-state index contributed by atoms with van der Waals surface area (Å²) in [5.41, 5.74) is 2.70. The second-order valence-electron chi connectivity index (χ2n) is 8.15. The van der Waals surface area contributed by atoms with Gasteiger partial charge in [0.1, 0.15) is 23.9 Å². The van der Waals surface area contributed by atoms with E-state index in [0.29, 0.717) is 22.4 Å². The Morgan fingerprint density at radius 1 is 0.946 bits per heavy atom. The summed E-state index contributed by atoms with van der Waals surface area (Å²) in [6.07, 6.45) is 4.96. The summed E-state index contributed by atoms with van der Waals surface area (Å²) in [4.78, 5) is 15.2. The molecule has 0 atom stereocenters. The fourth-order valence-corrected chi connectivity index (χ4v) is 4.51. The number of hydrogen-bond acceptors (Lipinski definition) is 7. The molecule has 1 saturated heterocycles. The van der Waals surface area contributed by atoms with Crippen molar-refractivity contribution in [1.82, 2.24) is 4.90 Å². The lowest BCUT2D eigenvalue weighted by Gasteiger charge is -2.12. The number of phenolic OH excluding ortho intramolecular Hbond substituents is 1. The third-order valence-electron chi connectivity index (χ3n) is 5.43. The molecule has 0 aliphatic carbocycles. The highest BCUT2D eigenvalue weighted by Crippen LogP contribution is 2.34. The number of nitrogens with zero attached hydrogens (tertiary/aromatic N) is 3. The zero-order valence-corrected chi connectivity index (χ0v) is 20.5.